The van der Waals surface area contributed by atoms with E-state index in [4.69, 9.17) is 4.42 Å². The molecule has 1 N–H and O–H groups in total. The van der Waals surface area contributed by atoms with Gasteiger partial charge in [-0.05, 0) is 44.0 Å². The zero-order chi connectivity index (χ0) is 18.1. The molecule has 4 rings (SSSR count). The number of benzene rings is 1. The molecule has 0 bridgehead atoms. The van der Waals surface area contributed by atoms with Gasteiger partial charge in [0, 0.05) is 18.1 Å². The molecule has 3 heterocycles. The number of fused-ring (bicyclic) bond motifs is 1. The van der Waals surface area contributed by atoms with Gasteiger partial charge in [-0.1, -0.05) is 18.2 Å². The Hall–Kier alpha value is -3.15. The number of furan rings is 1. The smallest absolute Gasteiger partial charge is 0.313 e. The van der Waals surface area contributed by atoms with Gasteiger partial charge in [0.1, 0.15) is 11.5 Å². The maximum absolute atomic E-state index is 12.7. The van der Waals surface area contributed by atoms with Crippen LogP contribution in [0.3, 0.4) is 0 Å². The van der Waals surface area contributed by atoms with Crippen LogP contribution in [0.2, 0.25) is 0 Å². The summed E-state index contributed by atoms with van der Waals surface area (Å²) >= 11 is 0. The average molecular weight is 349 g/mol. The molecule has 2 aromatic heterocycles. The molecule has 0 spiro atoms. The van der Waals surface area contributed by atoms with E-state index in [1.807, 2.05) is 43.3 Å². The molecule has 1 fully saturated rings. The van der Waals surface area contributed by atoms with Crippen LogP contribution in [-0.2, 0) is 9.59 Å². The van der Waals surface area contributed by atoms with E-state index in [0.29, 0.717) is 17.7 Å². The predicted molar refractivity (Wildman–Crippen MR) is 97.5 cm³/mol. The molecule has 1 saturated heterocycles. The van der Waals surface area contributed by atoms with Gasteiger partial charge in [-0.2, -0.15) is 0 Å². The first-order chi connectivity index (χ1) is 12.6. The summed E-state index contributed by atoms with van der Waals surface area (Å²) in [6.07, 6.45) is 3.30. The largest absolute Gasteiger partial charge is 0.464 e. The Bertz CT molecular complexity index is 974. The van der Waals surface area contributed by atoms with E-state index in [1.165, 1.54) is 0 Å². The molecule has 1 aromatic carbocycles. The molecule has 132 valence electrons. The van der Waals surface area contributed by atoms with Crippen LogP contribution in [0.1, 0.15) is 30.4 Å². The molecule has 3 aromatic rings. The molecule has 0 radical (unpaired) electrons. The van der Waals surface area contributed by atoms with Crippen molar-refractivity contribution in [1.29, 1.82) is 0 Å². The summed E-state index contributed by atoms with van der Waals surface area (Å²) in [5, 5.41) is 3.62. The zero-order valence-corrected chi connectivity index (χ0v) is 14.4. The van der Waals surface area contributed by atoms with Gasteiger partial charge in [0.05, 0.1) is 17.2 Å². The summed E-state index contributed by atoms with van der Waals surface area (Å²) in [5.41, 5.74) is 1.20. The highest BCUT2D eigenvalue weighted by atomic mass is 16.3. The number of likely N-dealkylation sites (tertiary alicyclic amines) is 1. The number of amides is 2. The highest BCUT2D eigenvalue weighted by molar-refractivity contribution is 6.40. The first-order valence-corrected chi connectivity index (χ1v) is 8.65. The first-order valence-electron chi connectivity index (χ1n) is 8.65. The summed E-state index contributed by atoms with van der Waals surface area (Å²) in [6.45, 7) is 2.41. The average Bonchev–Trinajstić information content (AvgIpc) is 3.30. The fraction of sp³-hybridized carbons (Fsp3) is 0.250. The van der Waals surface area contributed by atoms with Crippen molar-refractivity contribution < 1.29 is 14.0 Å². The molecular weight excluding hydrogens is 330 g/mol. The van der Waals surface area contributed by atoms with Gasteiger partial charge in [0.2, 0.25) is 0 Å². The second kappa shape index (κ2) is 6.63. The van der Waals surface area contributed by atoms with Gasteiger partial charge in [-0.3, -0.25) is 14.6 Å². The van der Waals surface area contributed by atoms with E-state index in [1.54, 1.807) is 17.2 Å². The topological polar surface area (TPSA) is 75.4 Å². The van der Waals surface area contributed by atoms with Crippen LogP contribution in [0.15, 0.2) is 53.1 Å². The molecule has 1 atom stereocenters. The second-order valence-electron chi connectivity index (χ2n) is 6.44. The lowest BCUT2D eigenvalue weighted by Crippen LogP contribution is -2.39. The van der Waals surface area contributed by atoms with E-state index in [-0.39, 0.29) is 6.04 Å². The highest BCUT2D eigenvalue weighted by Crippen LogP contribution is 2.33. The maximum Gasteiger partial charge on any atom is 0.313 e. The quantitative estimate of drug-likeness (QED) is 0.719. The Morgan fingerprint density at radius 2 is 2.04 bits per heavy atom. The second-order valence-corrected chi connectivity index (χ2v) is 6.44. The monoisotopic (exact) mass is 349 g/mol. The highest BCUT2D eigenvalue weighted by Gasteiger charge is 2.35. The van der Waals surface area contributed by atoms with Crippen molar-refractivity contribution in [2.45, 2.75) is 25.8 Å². The molecule has 1 aliphatic heterocycles. The number of carbonyl (C=O) groups excluding carboxylic acids is 2. The van der Waals surface area contributed by atoms with Crippen LogP contribution in [0, 0.1) is 6.92 Å². The van der Waals surface area contributed by atoms with Crippen molar-refractivity contribution >= 4 is 28.4 Å². The Kier molecular flexibility index (Phi) is 4.16. The van der Waals surface area contributed by atoms with Crippen LogP contribution in [0.5, 0.6) is 0 Å². The van der Waals surface area contributed by atoms with Crippen molar-refractivity contribution in [1.82, 2.24) is 9.88 Å². The lowest BCUT2D eigenvalue weighted by Gasteiger charge is -2.22. The van der Waals surface area contributed by atoms with E-state index in [9.17, 15) is 9.59 Å². The number of carbonyl (C=O) groups is 2. The van der Waals surface area contributed by atoms with E-state index in [0.717, 1.165) is 29.7 Å². The lowest BCUT2D eigenvalue weighted by molar-refractivity contribution is -0.144. The number of nitrogens with one attached hydrogen (secondary N) is 1. The normalized spacial score (nSPS) is 16.8. The van der Waals surface area contributed by atoms with E-state index < -0.39 is 11.8 Å². The molecular formula is C20H19N3O3. The fourth-order valence-corrected chi connectivity index (χ4v) is 3.45. The minimum absolute atomic E-state index is 0.187. The number of para-hydroxylation sites is 1. The van der Waals surface area contributed by atoms with Crippen molar-refractivity contribution in [3.05, 3.63) is 60.2 Å². The number of hydrogen-bond acceptors (Lipinski definition) is 4. The van der Waals surface area contributed by atoms with Crippen LogP contribution in [-0.4, -0.2) is 28.2 Å². The summed E-state index contributed by atoms with van der Waals surface area (Å²) < 4.78 is 5.67. The first kappa shape index (κ1) is 16.3. The molecule has 2 amide bonds. The zero-order valence-electron chi connectivity index (χ0n) is 14.4. The number of rotatable bonds is 2. The number of anilines is 1. The van der Waals surface area contributed by atoms with Crippen LogP contribution < -0.4 is 5.32 Å². The summed E-state index contributed by atoms with van der Waals surface area (Å²) in [7, 11) is 0. The Labute approximate surface area is 150 Å². The lowest BCUT2D eigenvalue weighted by atomic mass is 10.1. The Balaban J connectivity index is 1.55. The Morgan fingerprint density at radius 3 is 2.85 bits per heavy atom. The third kappa shape index (κ3) is 2.94. The van der Waals surface area contributed by atoms with Crippen LogP contribution in [0.4, 0.5) is 5.69 Å². The van der Waals surface area contributed by atoms with Crippen molar-refractivity contribution in [2.75, 3.05) is 11.9 Å². The van der Waals surface area contributed by atoms with Crippen molar-refractivity contribution in [3.8, 4) is 0 Å². The number of aryl methyl sites for hydroxylation is 1. The van der Waals surface area contributed by atoms with Crippen molar-refractivity contribution in [2.24, 2.45) is 0 Å². The molecule has 26 heavy (non-hydrogen) atoms. The van der Waals surface area contributed by atoms with Crippen LogP contribution in [0.25, 0.3) is 10.9 Å². The minimum atomic E-state index is -0.654. The van der Waals surface area contributed by atoms with E-state index in [2.05, 4.69) is 10.3 Å². The van der Waals surface area contributed by atoms with E-state index >= 15 is 0 Å². The third-order valence-electron chi connectivity index (χ3n) is 4.68. The number of nitrogens with zero attached hydrogens (tertiary/aromatic N) is 2. The molecule has 0 aliphatic carbocycles. The number of pyridine rings is 1. The van der Waals surface area contributed by atoms with Gasteiger partial charge in [-0.15, -0.1) is 0 Å². The molecule has 6 heteroatoms. The van der Waals surface area contributed by atoms with Gasteiger partial charge in [0.15, 0.2) is 0 Å². The molecule has 1 aliphatic rings. The number of aromatic nitrogens is 1. The third-order valence-corrected chi connectivity index (χ3v) is 4.68. The Morgan fingerprint density at radius 1 is 1.19 bits per heavy atom. The maximum atomic E-state index is 12.7. The van der Waals surface area contributed by atoms with Gasteiger partial charge in [0.25, 0.3) is 0 Å². The standard InChI is InChI=1S/C20H19N3O3/c1-13-9-10-17(26-13)16-8-4-12-23(16)20(25)19(24)22-15-7-2-5-14-6-3-11-21-18(14)15/h2-3,5-7,9-11,16H,4,8,12H2,1H3,(H,22,24)/t16-/m0/s1. The van der Waals surface area contributed by atoms with Gasteiger partial charge < -0.3 is 14.6 Å². The van der Waals surface area contributed by atoms with Crippen LogP contribution >= 0.6 is 0 Å². The van der Waals surface area contributed by atoms with Gasteiger partial charge in [-0.25, -0.2) is 0 Å². The van der Waals surface area contributed by atoms with Gasteiger partial charge >= 0.3 is 11.8 Å². The number of hydrogen-bond donors (Lipinski definition) is 1. The SMILES string of the molecule is Cc1ccc([C@@H]2CCCN2C(=O)C(=O)Nc2cccc3cccnc23)o1. The summed E-state index contributed by atoms with van der Waals surface area (Å²) in [6, 6.07) is 12.8. The summed E-state index contributed by atoms with van der Waals surface area (Å²) in [4.78, 5) is 31.2. The fourth-order valence-electron chi connectivity index (χ4n) is 3.45. The van der Waals surface area contributed by atoms with Crippen molar-refractivity contribution in [3.63, 3.8) is 0 Å². The summed E-state index contributed by atoms with van der Waals surface area (Å²) in [5.74, 6) is 0.325. The molecule has 0 saturated carbocycles. The molecule has 6 nitrogen and oxygen atoms in total. The molecule has 0 unspecified atom stereocenters. The minimum Gasteiger partial charge on any atom is -0.464 e. The predicted octanol–water partition coefficient (Wildman–Crippen LogP) is 3.44.